The Hall–Kier alpha value is -0.835. The van der Waals surface area contributed by atoms with Gasteiger partial charge in [-0.3, -0.25) is 0 Å². The standard InChI is InChI=1S/C4H4BNO2S/c5-3-2(4(7)8)6-1-9-3/h1H,5H2,(H,7,8). The molecule has 1 rings (SSSR count). The van der Waals surface area contributed by atoms with Crippen molar-refractivity contribution in [1.29, 1.82) is 0 Å². The van der Waals surface area contributed by atoms with E-state index in [9.17, 15) is 4.79 Å². The summed E-state index contributed by atoms with van der Waals surface area (Å²) in [6.45, 7) is 0. The Morgan fingerprint density at radius 1 is 1.89 bits per heavy atom. The van der Waals surface area contributed by atoms with Crippen LogP contribution < -0.4 is 4.78 Å². The second-order valence-electron chi connectivity index (χ2n) is 1.56. The third-order valence-corrected chi connectivity index (χ3v) is 1.71. The van der Waals surface area contributed by atoms with Gasteiger partial charge in [-0.1, -0.05) is 0 Å². The van der Waals surface area contributed by atoms with Gasteiger partial charge in [0.2, 0.25) is 0 Å². The molecule has 0 fully saturated rings. The van der Waals surface area contributed by atoms with Gasteiger partial charge < -0.3 is 5.11 Å². The van der Waals surface area contributed by atoms with E-state index in [1.165, 1.54) is 16.8 Å². The maximum atomic E-state index is 10.2. The Morgan fingerprint density at radius 3 is 2.78 bits per heavy atom. The summed E-state index contributed by atoms with van der Waals surface area (Å²) in [6.07, 6.45) is 0. The van der Waals surface area contributed by atoms with Gasteiger partial charge in [0.05, 0.1) is 5.51 Å². The summed E-state index contributed by atoms with van der Waals surface area (Å²) in [5, 5.41) is 8.40. The molecule has 3 nitrogen and oxygen atoms in total. The molecule has 0 aliphatic rings. The molecule has 0 saturated carbocycles. The summed E-state index contributed by atoms with van der Waals surface area (Å²) in [4.78, 5) is 13.9. The molecular formula is C4H4BNO2S. The molecule has 0 radical (unpaired) electrons. The predicted octanol–water partition coefficient (Wildman–Crippen LogP) is -0.900. The number of aromatic carboxylic acids is 1. The maximum absolute atomic E-state index is 10.2. The van der Waals surface area contributed by atoms with E-state index in [1.54, 1.807) is 7.85 Å². The second kappa shape index (κ2) is 2.18. The fourth-order valence-corrected chi connectivity index (χ4v) is 1.08. The van der Waals surface area contributed by atoms with Gasteiger partial charge >= 0.3 is 5.97 Å². The number of aromatic nitrogens is 1. The fourth-order valence-electron chi connectivity index (χ4n) is 0.511. The van der Waals surface area contributed by atoms with Gasteiger partial charge in [-0.05, 0) is 4.78 Å². The van der Waals surface area contributed by atoms with Crippen molar-refractivity contribution in [3.05, 3.63) is 11.2 Å². The van der Waals surface area contributed by atoms with Crippen LogP contribution in [0.3, 0.4) is 0 Å². The van der Waals surface area contributed by atoms with Crippen molar-refractivity contribution in [2.45, 2.75) is 0 Å². The Balaban J connectivity index is 3.08. The van der Waals surface area contributed by atoms with Crippen LogP contribution in [0.2, 0.25) is 0 Å². The Bertz CT molecular complexity index is 234. The van der Waals surface area contributed by atoms with Crippen molar-refractivity contribution in [2.75, 3.05) is 0 Å². The molecule has 46 valence electrons. The summed E-state index contributed by atoms with van der Waals surface area (Å²) in [5.41, 5.74) is 1.69. The fraction of sp³-hybridized carbons (Fsp3) is 0. The molecule has 0 aliphatic carbocycles. The van der Waals surface area contributed by atoms with Crippen LogP contribution in [0.25, 0.3) is 0 Å². The quantitative estimate of drug-likeness (QED) is 0.515. The minimum atomic E-state index is -0.950. The first-order valence-corrected chi connectivity index (χ1v) is 3.23. The molecule has 1 aromatic heterocycles. The molecule has 9 heavy (non-hydrogen) atoms. The molecule has 0 atom stereocenters. The molecule has 0 aliphatic heterocycles. The first kappa shape index (κ1) is 6.29. The van der Waals surface area contributed by atoms with Gasteiger partial charge in [-0.15, -0.1) is 11.3 Å². The van der Waals surface area contributed by atoms with Gasteiger partial charge in [0.25, 0.3) is 0 Å². The lowest BCUT2D eigenvalue weighted by Gasteiger charge is -1.84. The summed E-state index contributed by atoms with van der Waals surface area (Å²) < 4.78 is 0.752. The van der Waals surface area contributed by atoms with Crippen LogP contribution in [0.5, 0.6) is 0 Å². The lowest BCUT2D eigenvalue weighted by Crippen LogP contribution is -2.10. The van der Waals surface area contributed by atoms with E-state index in [4.69, 9.17) is 5.11 Å². The van der Waals surface area contributed by atoms with Crippen molar-refractivity contribution in [3.8, 4) is 0 Å². The van der Waals surface area contributed by atoms with Crippen molar-refractivity contribution < 1.29 is 9.90 Å². The number of carboxylic acids is 1. The van der Waals surface area contributed by atoms with Gasteiger partial charge in [-0.25, -0.2) is 9.78 Å². The number of nitrogens with zero attached hydrogens (tertiary/aromatic N) is 1. The van der Waals surface area contributed by atoms with Crippen molar-refractivity contribution in [1.82, 2.24) is 4.98 Å². The van der Waals surface area contributed by atoms with E-state index in [0.717, 1.165) is 4.78 Å². The zero-order chi connectivity index (χ0) is 6.85. The van der Waals surface area contributed by atoms with Gasteiger partial charge in [0.15, 0.2) is 13.5 Å². The largest absolute Gasteiger partial charge is 0.477 e. The molecule has 1 heterocycles. The van der Waals surface area contributed by atoms with E-state index >= 15 is 0 Å². The normalized spacial score (nSPS) is 9.33. The van der Waals surface area contributed by atoms with E-state index in [2.05, 4.69) is 4.98 Å². The first-order chi connectivity index (χ1) is 4.22. The highest BCUT2D eigenvalue weighted by molar-refractivity contribution is 7.18. The zero-order valence-corrected chi connectivity index (χ0v) is 5.60. The summed E-state index contributed by atoms with van der Waals surface area (Å²) in [5.74, 6) is -0.950. The van der Waals surface area contributed by atoms with Gasteiger partial charge in [0, 0.05) is 0 Å². The third-order valence-electron chi connectivity index (χ3n) is 0.947. The van der Waals surface area contributed by atoms with Gasteiger partial charge in [0.1, 0.15) is 0 Å². The van der Waals surface area contributed by atoms with Crippen LogP contribution in [-0.4, -0.2) is 23.9 Å². The van der Waals surface area contributed by atoms with Gasteiger partial charge in [-0.2, -0.15) is 0 Å². The molecule has 0 saturated heterocycles. The summed E-state index contributed by atoms with van der Waals surface area (Å²) in [7, 11) is 1.74. The van der Waals surface area contributed by atoms with E-state index in [0.29, 0.717) is 0 Å². The number of rotatable bonds is 1. The average Bonchev–Trinajstić information content (AvgIpc) is 2.13. The highest BCUT2D eigenvalue weighted by Gasteiger charge is 2.07. The molecule has 0 unspecified atom stereocenters. The lowest BCUT2D eigenvalue weighted by molar-refractivity contribution is 0.0693. The van der Waals surface area contributed by atoms with E-state index < -0.39 is 5.97 Å². The number of carboxylic acid groups (broad SMARTS) is 1. The third kappa shape index (κ3) is 1.10. The highest BCUT2D eigenvalue weighted by Crippen LogP contribution is 1.94. The predicted molar refractivity (Wildman–Crippen MR) is 37.3 cm³/mol. The second-order valence-corrected chi connectivity index (χ2v) is 2.62. The van der Waals surface area contributed by atoms with Crippen molar-refractivity contribution >= 4 is 29.9 Å². The smallest absolute Gasteiger partial charge is 0.354 e. The van der Waals surface area contributed by atoms with Crippen molar-refractivity contribution in [2.24, 2.45) is 0 Å². The summed E-state index contributed by atoms with van der Waals surface area (Å²) >= 11 is 1.34. The molecular weight excluding hydrogens is 137 g/mol. The van der Waals surface area contributed by atoms with Crippen LogP contribution in [0.4, 0.5) is 0 Å². The zero-order valence-electron chi connectivity index (χ0n) is 4.79. The minimum Gasteiger partial charge on any atom is -0.477 e. The van der Waals surface area contributed by atoms with Crippen LogP contribution in [0.1, 0.15) is 10.5 Å². The maximum Gasteiger partial charge on any atom is 0.354 e. The van der Waals surface area contributed by atoms with E-state index in [-0.39, 0.29) is 5.69 Å². The molecule has 0 bridgehead atoms. The summed E-state index contributed by atoms with van der Waals surface area (Å²) in [6, 6.07) is 0. The topological polar surface area (TPSA) is 50.2 Å². The average molecular weight is 141 g/mol. The highest BCUT2D eigenvalue weighted by atomic mass is 32.1. The van der Waals surface area contributed by atoms with Crippen LogP contribution in [0.15, 0.2) is 5.51 Å². The number of hydrogen-bond acceptors (Lipinski definition) is 3. The Morgan fingerprint density at radius 2 is 2.56 bits per heavy atom. The Labute approximate surface area is 56.8 Å². The van der Waals surface area contributed by atoms with Crippen LogP contribution in [0, 0.1) is 0 Å². The van der Waals surface area contributed by atoms with Crippen molar-refractivity contribution in [3.63, 3.8) is 0 Å². The van der Waals surface area contributed by atoms with Crippen LogP contribution in [-0.2, 0) is 0 Å². The monoisotopic (exact) mass is 141 g/mol. The Kier molecular flexibility index (Phi) is 1.53. The number of hydrogen-bond donors (Lipinski definition) is 1. The van der Waals surface area contributed by atoms with Crippen LogP contribution >= 0.6 is 11.3 Å². The number of thiazole rings is 1. The molecule has 1 aromatic rings. The SMILES string of the molecule is Bc1scnc1C(=O)O. The lowest BCUT2D eigenvalue weighted by atomic mass is 10.1. The molecule has 1 N–H and O–H groups in total. The molecule has 0 amide bonds. The molecule has 0 spiro atoms. The van der Waals surface area contributed by atoms with E-state index in [1.807, 2.05) is 0 Å². The minimum absolute atomic E-state index is 0.167. The molecule has 0 aromatic carbocycles. The molecule has 5 heteroatoms. The first-order valence-electron chi connectivity index (χ1n) is 2.35. The number of carbonyl (C=O) groups is 1.